The molecule has 1 rings (SSSR count). The highest BCUT2D eigenvalue weighted by Gasteiger charge is 2.18. The Kier molecular flexibility index (Phi) is 4.47. The van der Waals surface area contributed by atoms with Crippen LogP contribution in [-0.4, -0.2) is 18.7 Å². The molecule has 0 aromatic heterocycles. The molecule has 0 radical (unpaired) electrons. The summed E-state index contributed by atoms with van der Waals surface area (Å²) in [5.41, 5.74) is 6.22. The molecule has 0 heterocycles. The highest BCUT2D eigenvalue weighted by atomic mass is 19.3. The second-order valence-corrected chi connectivity index (χ2v) is 3.98. The molecule has 2 N–H and O–H groups in total. The second kappa shape index (κ2) is 5.66. The van der Waals surface area contributed by atoms with Gasteiger partial charge < -0.3 is 15.2 Å². The summed E-state index contributed by atoms with van der Waals surface area (Å²) >= 11 is 0. The lowest BCUT2D eigenvalue weighted by atomic mass is 10.1. The summed E-state index contributed by atoms with van der Waals surface area (Å²) in [6, 6.07) is 2.58. The normalized spacial score (nSPS) is 10.8. The van der Waals surface area contributed by atoms with E-state index in [0.717, 1.165) is 0 Å². The van der Waals surface area contributed by atoms with E-state index in [4.69, 9.17) is 10.5 Å². The molecular weight excluding hydrogens is 244 g/mol. The smallest absolute Gasteiger partial charge is 0.387 e. The van der Waals surface area contributed by atoms with Gasteiger partial charge in [-0.25, -0.2) is 4.79 Å². The first kappa shape index (κ1) is 14.2. The summed E-state index contributed by atoms with van der Waals surface area (Å²) in [6.45, 7) is 1.97. The van der Waals surface area contributed by atoms with Crippen LogP contribution in [0.15, 0.2) is 12.1 Å². The van der Waals surface area contributed by atoms with Gasteiger partial charge in [0.15, 0.2) is 0 Å². The summed E-state index contributed by atoms with van der Waals surface area (Å²) in [6.07, 6.45) is -0.283. The maximum atomic E-state index is 12.1. The molecule has 1 aromatic carbocycles. The van der Waals surface area contributed by atoms with Gasteiger partial charge in [-0.3, -0.25) is 0 Å². The van der Waals surface area contributed by atoms with Crippen molar-refractivity contribution in [3.63, 3.8) is 0 Å². The van der Waals surface area contributed by atoms with E-state index in [2.05, 4.69) is 4.74 Å². The molecule has 0 spiro atoms. The number of nitrogen functional groups attached to an aromatic ring is 1. The fraction of sp³-hybridized carbons (Fsp3) is 0.417. The third-order valence-corrected chi connectivity index (χ3v) is 2.24. The van der Waals surface area contributed by atoms with E-state index in [-0.39, 0.29) is 28.7 Å². The van der Waals surface area contributed by atoms with Gasteiger partial charge in [0.05, 0.1) is 17.4 Å². The summed E-state index contributed by atoms with van der Waals surface area (Å²) in [5.74, 6) is -0.641. The predicted octanol–water partition coefficient (Wildman–Crippen LogP) is 2.74. The van der Waals surface area contributed by atoms with E-state index in [0.29, 0.717) is 0 Å². The number of hydrogen-bond donors (Lipinski definition) is 1. The van der Waals surface area contributed by atoms with Crippen molar-refractivity contribution >= 4 is 11.7 Å². The zero-order chi connectivity index (χ0) is 13.9. The Morgan fingerprint density at radius 3 is 2.44 bits per heavy atom. The van der Waals surface area contributed by atoms with Gasteiger partial charge >= 0.3 is 12.6 Å². The quantitative estimate of drug-likeness (QED) is 0.667. The Morgan fingerprint density at radius 1 is 1.33 bits per heavy atom. The average molecular weight is 259 g/mol. The SMILES string of the molecule is Cc1c(OC(F)F)ccc(C(=O)OC(C)C)c1N. The Balaban J connectivity index is 3.04. The first-order valence-corrected chi connectivity index (χ1v) is 5.37. The highest BCUT2D eigenvalue weighted by molar-refractivity contribution is 5.96. The topological polar surface area (TPSA) is 61.5 Å². The third-order valence-electron chi connectivity index (χ3n) is 2.24. The Labute approximate surface area is 104 Å². The molecule has 6 heteroatoms. The molecule has 0 amide bonds. The van der Waals surface area contributed by atoms with Crippen molar-refractivity contribution in [2.75, 3.05) is 5.73 Å². The number of carbonyl (C=O) groups excluding carboxylic acids is 1. The lowest BCUT2D eigenvalue weighted by Gasteiger charge is -2.14. The molecule has 0 saturated carbocycles. The molecule has 1 aromatic rings. The number of esters is 1. The number of carbonyl (C=O) groups is 1. The van der Waals surface area contributed by atoms with Crippen LogP contribution in [0.5, 0.6) is 5.75 Å². The van der Waals surface area contributed by atoms with Crippen molar-refractivity contribution in [3.05, 3.63) is 23.3 Å². The predicted molar refractivity (Wildman–Crippen MR) is 62.8 cm³/mol. The summed E-state index contributed by atoms with van der Waals surface area (Å²) < 4.78 is 33.5. The lowest BCUT2D eigenvalue weighted by Crippen LogP contribution is -2.14. The number of anilines is 1. The van der Waals surface area contributed by atoms with Crippen LogP contribution in [0.4, 0.5) is 14.5 Å². The zero-order valence-corrected chi connectivity index (χ0v) is 10.4. The van der Waals surface area contributed by atoms with Crippen molar-refractivity contribution in [2.45, 2.75) is 33.5 Å². The fourth-order valence-corrected chi connectivity index (χ4v) is 1.39. The maximum Gasteiger partial charge on any atom is 0.387 e. The molecule has 0 atom stereocenters. The number of alkyl halides is 2. The van der Waals surface area contributed by atoms with E-state index in [9.17, 15) is 13.6 Å². The average Bonchev–Trinajstić information content (AvgIpc) is 2.23. The van der Waals surface area contributed by atoms with E-state index in [1.54, 1.807) is 13.8 Å². The molecule has 4 nitrogen and oxygen atoms in total. The van der Waals surface area contributed by atoms with Crippen LogP contribution in [0.25, 0.3) is 0 Å². The number of hydrogen-bond acceptors (Lipinski definition) is 4. The Hall–Kier alpha value is -1.85. The first-order valence-electron chi connectivity index (χ1n) is 5.37. The van der Waals surface area contributed by atoms with Crippen LogP contribution in [0, 0.1) is 6.92 Å². The lowest BCUT2D eigenvalue weighted by molar-refractivity contribution is -0.0502. The number of nitrogens with two attached hydrogens (primary N) is 1. The number of rotatable bonds is 4. The minimum absolute atomic E-state index is 0.0522. The van der Waals surface area contributed by atoms with E-state index < -0.39 is 12.6 Å². The minimum atomic E-state index is -2.93. The first-order chi connectivity index (χ1) is 8.32. The van der Waals surface area contributed by atoms with Gasteiger partial charge in [0.1, 0.15) is 5.75 Å². The molecular formula is C12H15F2NO3. The van der Waals surface area contributed by atoms with Crippen LogP contribution in [-0.2, 0) is 4.74 Å². The van der Waals surface area contributed by atoms with Crippen molar-refractivity contribution < 1.29 is 23.0 Å². The highest BCUT2D eigenvalue weighted by Crippen LogP contribution is 2.28. The fourth-order valence-electron chi connectivity index (χ4n) is 1.39. The van der Waals surface area contributed by atoms with Crippen molar-refractivity contribution in [3.8, 4) is 5.75 Å². The zero-order valence-electron chi connectivity index (χ0n) is 10.4. The summed E-state index contributed by atoms with van der Waals surface area (Å²) in [5, 5.41) is 0. The van der Waals surface area contributed by atoms with Crippen LogP contribution < -0.4 is 10.5 Å². The molecule has 0 saturated heterocycles. The van der Waals surface area contributed by atoms with Crippen LogP contribution >= 0.6 is 0 Å². The number of benzene rings is 1. The molecule has 0 aliphatic carbocycles. The van der Waals surface area contributed by atoms with Gasteiger partial charge in [0.2, 0.25) is 0 Å². The largest absolute Gasteiger partial charge is 0.459 e. The summed E-state index contributed by atoms with van der Waals surface area (Å²) in [4.78, 5) is 11.7. The number of ether oxygens (including phenoxy) is 2. The summed E-state index contributed by atoms with van der Waals surface area (Å²) in [7, 11) is 0. The van der Waals surface area contributed by atoms with Crippen molar-refractivity contribution in [1.29, 1.82) is 0 Å². The molecule has 18 heavy (non-hydrogen) atoms. The molecule has 0 fully saturated rings. The molecule has 0 aliphatic heterocycles. The van der Waals surface area contributed by atoms with Gasteiger partial charge in [-0.05, 0) is 32.9 Å². The van der Waals surface area contributed by atoms with E-state index in [1.807, 2.05) is 0 Å². The molecule has 100 valence electrons. The molecule has 0 unspecified atom stereocenters. The Bertz CT molecular complexity index is 447. The van der Waals surface area contributed by atoms with Gasteiger partial charge in [0.25, 0.3) is 0 Å². The van der Waals surface area contributed by atoms with Crippen molar-refractivity contribution in [1.82, 2.24) is 0 Å². The van der Waals surface area contributed by atoms with E-state index in [1.165, 1.54) is 19.1 Å². The van der Waals surface area contributed by atoms with Gasteiger partial charge in [-0.15, -0.1) is 0 Å². The third kappa shape index (κ3) is 3.32. The Morgan fingerprint density at radius 2 is 1.94 bits per heavy atom. The molecule has 0 bridgehead atoms. The van der Waals surface area contributed by atoms with Crippen LogP contribution in [0.3, 0.4) is 0 Å². The van der Waals surface area contributed by atoms with Gasteiger partial charge in [0, 0.05) is 5.56 Å². The van der Waals surface area contributed by atoms with Gasteiger partial charge in [-0.2, -0.15) is 8.78 Å². The number of halogens is 2. The second-order valence-electron chi connectivity index (χ2n) is 3.98. The van der Waals surface area contributed by atoms with Crippen LogP contribution in [0.1, 0.15) is 29.8 Å². The van der Waals surface area contributed by atoms with Crippen molar-refractivity contribution in [2.24, 2.45) is 0 Å². The van der Waals surface area contributed by atoms with Crippen LogP contribution in [0.2, 0.25) is 0 Å². The molecule has 0 aliphatic rings. The minimum Gasteiger partial charge on any atom is -0.459 e. The van der Waals surface area contributed by atoms with Gasteiger partial charge in [-0.1, -0.05) is 0 Å². The monoisotopic (exact) mass is 259 g/mol. The maximum absolute atomic E-state index is 12.1. The van der Waals surface area contributed by atoms with E-state index >= 15 is 0 Å². The standard InChI is InChI=1S/C12H15F2NO3/c1-6(2)17-11(16)8-4-5-9(18-12(13)14)7(3)10(8)15/h4-6,12H,15H2,1-3H3.